The highest BCUT2D eigenvalue weighted by molar-refractivity contribution is 9.10. The molecule has 1 aromatic carbocycles. The summed E-state index contributed by atoms with van der Waals surface area (Å²) in [7, 11) is 1.93. The monoisotopic (exact) mass is 422 g/mol. The van der Waals surface area contributed by atoms with Gasteiger partial charge in [-0.15, -0.1) is 10.2 Å². The molecule has 1 saturated heterocycles. The smallest absolute Gasteiger partial charge is 0.412 e. The van der Waals surface area contributed by atoms with Gasteiger partial charge < -0.3 is 14.0 Å². The van der Waals surface area contributed by atoms with Crippen molar-refractivity contribution in [3.63, 3.8) is 0 Å². The number of anilines is 1. The molecule has 8 heteroatoms. The second kappa shape index (κ2) is 7.00. The third-order valence-electron chi connectivity index (χ3n) is 4.21. The molecule has 0 radical (unpaired) electrons. The zero-order valence-electron chi connectivity index (χ0n) is 15.4. The van der Waals surface area contributed by atoms with E-state index >= 15 is 0 Å². The first-order chi connectivity index (χ1) is 12.2. The van der Waals surface area contributed by atoms with Crippen molar-refractivity contribution in [3.8, 4) is 0 Å². The van der Waals surface area contributed by atoms with Gasteiger partial charge in [0.2, 0.25) is 0 Å². The molecular formula is C18H23BrN4O3. The average molecular weight is 423 g/mol. The number of nitrogens with zero attached hydrogens (tertiary/aromatic N) is 3. The lowest BCUT2D eigenvalue weighted by Crippen LogP contribution is -2.49. The number of carbonyl (C=O) groups is 1. The number of amides is 1. The fourth-order valence-electron chi connectivity index (χ4n) is 2.88. The van der Waals surface area contributed by atoms with Gasteiger partial charge in [-0.2, -0.15) is 0 Å². The Morgan fingerprint density at radius 2 is 2.12 bits per heavy atom. The minimum Gasteiger partial charge on any atom is -0.444 e. The van der Waals surface area contributed by atoms with Gasteiger partial charge in [0.15, 0.2) is 0 Å². The largest absolute Gasteiger partial charge is 0.444 e. The van der Waals surface area contributed by atoms with Crippen molar-refractivity contribution < 1.29 is 14.3 Å². The Labute approximate surface area is 161 Å². The zero-order valence-corrected chi connectivity index (χ0v) is 17.0. The Kier molecular flexibility index (Phi) is 5.07. The minimum absolute atomic E-state index is 0.186. The van der Waals surface area contributed by atoms with E-state index in [1.54, 1.807) is 6.33 Å². The first kappa shape index (κ1) is 18.8. The molecule has 0 spiro atoms. The van der Waals surface area contributed by atoms with Crippen molar-refractivity contribution in [1.29, 1.82) is 0 Å². The lowest BCUT2D eigenvalue weighted by molar-refractivity contribution is -0.0611. The zero-order chi connectivity index (χ0) is 18.9. The lowest BCUT2D eigenvalue weighted by atomic mass is 9.75. The third-order valence-corrected chi connectivity index (χ3v) is 4.67. The predicted molar refractivity (Wildman–Crippen MR) is 101 cm³/mol. The minimum atomic E-state index is -0.548. The molecule has 1 aliphatic rings. The van der Waals surface area contributed by atoms with Crippen LogP contribution in [0, 0.1) is 0 Å². The normalized spacial score (nSPS) is 16.0. The molecule has 0 aliphatic carbocycles. The number of halogens is 1. The lowest BCUT2D eigenvalue weighted by Gasteiger charge is -2.42. The second-order valence-corrected chi connectivity index (χ2v) is 8.58. The average Bonchev–Trinajstić information content (AvgIpc) is 2.85. The number of hydrogen-bond donors (Lipinski definition) is 1. The molecule has 3 rings (SSSR count). The van der Waals surface area contributed by atoms with Gasteiger partial charge in [0.1, 0.15) is 17.8 Å². The number of hydrogen-bond acceptors (Lipinski definition) is 5. The van der Waals surface area contributed by atoms with Crippen molar-refractivity contribution in [2.75, 3.05) is 18.5 Å². The molecule has 2 aromatic rings. The van der Waals surface area contributed by atoms with E-state index in [9.17, 15) is 4.79 Å². The maximum atomic E-state index is 12.1. The maximum absolute atomic E-state index is 12.1. The summed E-state index contributed by atoms with van der Waals surface area (Å²) < 4.78 is 13.7. The molecule has 26 heavy (non-hydrogen) atoms. The summed E-state index contributed by atoms with van der Waals surface area (Å²) in [5.74, 6) is 0.898. The van der Waals surface area contributed by atoms with Gasteiger partial charge in [0, 0.05) is 29.0 Å². The van der Waals surface area contributed by atoms with E-state index in [0.29, 0.717) is 25.3 Å². The number of benzene rings is 1. The van der Waals surface area contributed by atoms with Crippen LogP contribution in [0.25, 0.3) is 0 Å². The van der Waals surface area contributed by atoms with Gasteiger partial charge in [-0.3, -0.25) is 5.32 Å². The van der Waals surface area contributed by atoms with Crippen LogP contribution in [-0.2, 0) is 28.4 Å². The Morgan fingerprint density at radius 1 is 1.38 bits per heavy atom. The first-order valence-electron chi connectivity index (χ1n) is 8.39. The van der Waals surface area contributed by atoms with Gasteiger partial charge in [0.05, 0.1) is 13.2 Å². The molecule has 7 nitrogen and oxygen atoms in total. The third kappa shape index (κ3) is 4.24. The van der Waals surface area contributed by atoms with Crippen LogP contribution in [0.2, 0.25) is 0 Å². The van der Waals surface area contributed by atoms with Crippen molar-refractivity contribution in [3.05, 3.63) is 40.4 Å². The van der Waals surface area contributed by atoms with Crippen LogP contribution in [-0.4, -0.2) is 39.7 Å². The molecule has 0 unspecified atom stereocenters. The summed E-state index contributed by atoms with van der Waals surface area (Å²) in [5.41, 5.74) is 1.02. The number of carbonyl (C=O) groups excluding carboxylic acids is 1. The highest BCUT2D eigenvalue weighted by Crippen LogP contribution is 2.38. The molecule has 2 heterocycles. The highest BCUT2D eigenvalue weighted by atomic mass is 79.9. The SMILES string of the molecule is Cn1cnnc1CC1(c2cc(Br)cc(NC(=O)OC(C)(C)C)c2)COC1. The number of aryl methyl sites for hydroxylation is 1. The van der Waals surface area contributed by atoms with Crippen molar-refractivity contribution in [2.24, 2.45) is 7.05 Å². The quantitative estimate of drug-likeness (QED) is 0.815. The van der Waals surface area contributed by atoms with E-state index in [-0.39, 0.29) is 5.41 Å². The molecule has 1 amide bonds. The van der Waals surface area contributed by atoms with Crippen LogP contribution in [0.4, 0.5) is 10.5 Å². The van der Waals surface area contributed by atoms with E-state index in [1.165, 1.54) is 0 Å². The van der Waals surface area contributed by atoms with Gasteiger partial charge in [0.25, 0.3) is 0 Å². The molecule has 1 fully saturated rings. The molecular weight excluding hydrogens is 400 g/mol. The number of aromatic nitrogens is 3. The number of rotatable bonds is 4. The van der Waals surface area contributed by atoms with E-state index < -0.39 is 11.7 Å². The summed E-state index contributed by atoms with van der Waals surface area (Å²) in [6.07, 6.45) is 1.93. The Morgan fingerprint density at radius 3 is 2.65 bits per heavy atom. The summed E-state index contributed by atoms with van der Waals surface area (Å²) in [4.78, 5) is 12.1. The van der Waals surface area contributed by atoms with Crippen LogP contribution in [0.3, 0.4) is 0 Å². The van der Waals surface area contributed by atoms with Crippen molar-refractivity contribution >= 4 is 27.7 Å². The van der Waals surface area contributed by atoms with E-state index in [0.717, 1.165) is 15.9 Å². The predicted octanol–water partition coefficient (Wildman–Crippen LogP) is 3.44. The standard InChI is InChI=1S/C18H23BrN4O3/c1-17(2,3)26-16(24)21-14-6-12(5-13(19)7-14)18(9-25-10-18)8-15-22-20-11-23(15)4/h5-7,11H,8-10H2,1-4H3,(H,21,24). The van der Waals surface area contributed by atoms with Crippen molar-refractivity contribution in [1.82, 2.24) is 14.8 Å². The van der Waals surface area contributed by atoms with Crippen molar-refractivity contribution in [2.45, 2.75) is 38.2 Å². The summed E-state index contributed by atoms with van der Waals surface area (Å²) in [6.45, 7) is 6.70. The first-order valence-corrected chi connectivity index (χ1v) is 9.18. The summed E-state index contributed by atoms with van der Waals surface area (Å²) in [5, 5.41) is 11.0. The van der Waals surface area contributed by atoms with Crippen LogP contribution in [0.5, 0.6) is 0 Å². The van der Waals surface area contributed by atoms with Crippen LogP contribution in [0.15, 0.2) is 29.0 Å². The summed E-state index contributed by atoms with van der Waals surface area (Å²) >= 11 is 3.54. The molecule has 0 bridgehead atoms. The van der Waals surface area contributed by atoms with Gasteiger partial charge in [-0.05, 0) is 44.5 Å². The molecule has 140 valence electrons. The Balaban J connectivity index is 1.84. The molecule has 1 N–H and O–H groups in total. The number of ether oxygens (including phenoxy) is 2. The van der Waals surface area contributed by atoms with Crippen LogP contribution >= 0.6 is 15.9 Å². The molecule has 0 atom stereocenters. The van der Waals surface area contributed by atoms with E-state index in [4.69, 9.17) is 9.47 Å². The topological polar surface area (TPSA) is 78.3 Å². The maximum Gasteiger partial charge on any atom is 0.412 e. The van der Waals surface area contributed by atoms with Crippen LogP contribution in [0.1, 0.15) is 32.2 Å². The van der Waals surface area contributed by atoms with E-state index in [2.05, 4.69) is 37.5 Å². The number of nitrogens with one attached hydrogen (secondary N) is 1. The molecule has 1 aromatic heterocycles. The Hall–Kier alpha value is -1.93. The van der Waals surface area contributed by atoms with Crippen LogP contribution < -0.4 is 5.32 Å². The molecule has 1 aliphatic heterocycles. The second-order valence-electron chi connectivity index (χ2n) is 7.66. The fraction of sp³-hybridized carbons (Fsp3) is 0.500. The van der Waals surface area contributed by atoms with E-state index in [1.807, 2.05) is 44.5 Å². The van der Waals surface area contributed by atoms with Gasteiger partial charge in [-0.25, -0.2) is 4.79 Å². The summed E-state index contributed by atoms with van der Waals surface area (Å²) in [6, 6.07) is 5.87. The van der Waals surface area contributed by atoms with Gasteiger partial charge in [-0.1, -0.05) is 15.9 Å². The van der Waals surface area contributed by atoms with Gasteiger partial charge >= 0.3 is 6.09 Å². The molecule has 0 saturated carbocycles. The highest BCUT2D eigenvalue weighted by Gasteiger charge is 2.42. The Bertz CT molecular complexity index is 809. The fourth-order valence-corrected chi connectivity index (χ4v) is 3.37.